The molecule has 0 unspecified atom stereocenters. The standard InChI is InChI=1S/C13H13FN2O4/c1-3-5-15(6-4-2)12-7-9(13(17)18)11(16(19)20)8-10(12)14/h3-4,7-8H,1-2,5-6H2,(H,17,18). The molecule has 0 aliphatic rings. The summed E-state index contributed by atoms with van der Waals surface area (Å²) in [4.78, 5) is 22.3. The van der Waals surface area contributed by atoms with Gasteiger partial charge >= 0.3 is 5.97 Å². The molecule has 106 valence electrons. The molecule has 0 saturated heterocycles. The first-order valence-electron chi connectivity index (χ1n) is 5.60. The van der Waals surface area contributed by atoms with E-state index in [0.29, 0.717) is 6.07 Å². The average Bonchev–Trinajstić information content (AvgIpc) is 2.37. The second-order valence-corrected chi connectivity index (χ2v) is 3.87. The third-order valence-electron chi connectivity index (χ3n) is 2.53. The van der Waals surface area contributed by atoms with Gasteiger partial charge in [-0.1, -0.05) is 12.2 Å². The summed E-state index contributed by atoms with van der Waals surface area (Å²) in [7, 11) is 0. The number of nitrogens with zero attached hydrogens (tertiary/aromatic N) is 2. The van der Waals surface area contributed by atoms with E-state index in [9.17, 15) is 19.3 Å². The van der Waals surface area contributed by atoms with Crippen LogP contribution >= 0.6 is 0 Å². The number of carboxylic acids is 1. The maximum absolute atomic E-state index is 13.9. The van der Waals surface area contributed by atoms with Crippen molar-refractivity contribution in [1.82, 2.24) is 0 Å². The minimum atomic E-state index is -1.49. The fourth-order valence-electron chi connectivity index (χ4n) is 1.70. The maximum atomic E-state index is 13.9. The number of hydrogen-bond donors (Lipinski definition) is 1. The number of hydrogen-bond acceptors (Lipinski definition) is 4. The molecular weight excluding hydrogens is 267 g/mol. The molecule has 0 aliphatic heterocycles. The Kier molecular flexibility index (Phi) is 4.96. The zero-order valence-electron chi connectivity index (χ0n) is 10.6. The molecule has 0 saturated carbocycles. The lowest BCUT2D eigenvalue weighted by atomic mass is 10.1. The van der Waals surface area contributed by atoms with Crippen LogP contribution in [0.1, 0.15) is 10.4 Å². The van der Waals surface area contributed by atoms with Gasteiger partial charge in [0, 0.05) is 13.1 Å². The van der Waals surface area contributed by atoms with Gasteiger partial charge in [0.05, 0.1) is 16.7 Å². The number of benzene rings is 1. The van der Waals surface area contributed by atoms with Gasteiger partial charge in [0.1, 0.15) is 5.56 Å². The van der Waals surface area contributed by atoms with E-state index in [-0.39, 0.29) is 18.8 Å². The Morgan fingerprint density at radius 1 is 1.40 bits per heavy atom. The van der Waals surface area contributed by atoms with Gasteiger partial charge in [-0.15, -0.1) is 13.2 Å². The molecule has 7 heteroatoms. The Balaban J connectivity index is 3.43. The molecule has 0 heterocycles. The van der Waals surface area contributed by atoms with Crippen LogP contribution < -0.4 is 4.90 Å². The van der Waals surface area contributed by atoms with Crippen LogP contribution in [-0.4, -0.2) is 29.1 Å². The van der Waals surface area contributed by atoms with Crippen LogP contribution in [0.2, 0.25) is 0 Å². The molecule has 20 heavy (non-hydrogen) atoms. The first-order valence-corrected chi connectivity index (χ1v) is 5.60. The molecule has 0 spiro atoms. The lowest BCUT2D eigenvalue weighted by molar-refractivity contribution is -0.385. The highest BCUT2D eigenvalue weighted by molar-refractivity contribution is 5.93. The van der Waals surface area contributed by atoms with Gasteiger partial charge in [0.15, 0.2) is 5.82 Å². The summed E-state index contributed by atoms with van der Waals surface area (Å²) < 4.78 is 13.9. The second-order valence-electron chi connectivity index (χ2n) is 3.87. The van der Waals surface area contributed by atoms with Crippen LogP contribution in [0.3, 0.4) is 0 Å². The molecule has 1 aromatic rings. The largest absolute Gasteiger partial charge is 0.477 e. The van der Waals surface area contributed by atoms with Crippen LogP contribution in [0.4, 0.5) is 15.8 Å². The summed E-state index contributed by atoms with van der Waals surface area (Å²) in [5.74, 6) is -2.36. The van der Waals surface area contributed by atoms with Crippen molar-refractivity contribution in [2.24, 2.45) is 0 Å². The van der Waals surface area contributed by atoms with E-state index < -0.39 is 28.0 Å². The van der Waals surface area contributed by atoms with Crippen molar-refractivity contribution in [1.29, 1.82) is 0 Å². The summed E-state index contributed by atoms with van der Waals surface area (Å²) in [6, 6.07) is 1.56. The van der Waals surface area contributed by atoms with E-state index in [0.717, 1.165) is 6.07 Å². The summed E-state index contributed by atoms with van der Waals surface area (Å²) in [6.45, 7) is 7.54. The average molecular weight is 280 g/mol. The Bertz CT molecular complexity index is 562. The Morgan fingerprint density at radius 2 is 1.95 bits per heavy atom. The van der Waals surface area contributed by atoms with Crippen molar-refractivity contribution in [3.63, 3.8) is 0 Å². The number of carbonyl (C=O) groups is 1. The molecule has 0 aliphatic carbocycles. The third kappa shape index (κ3) is 3.19. The maximum Gasteiger partial charge on any atom is 0.342 e. The van der Waals surface area contributed by atoms with Crippen LogP contribution in [0.5, 0.6) is 0 Å². The Hall–Kier alpha value is -2.70. The highest BCUT2D eigenvalue weighted by Crippen LogP contribution is 2.28. The van der Waals surface area contributed by atoms with Crippen LogP contribution in [0, 0.1) is 15.9 Å². The van der Waals surface area contributed by atoms with E-state index in [1.54, 1.807) is 0 Å². The van der Waals surface area contributed by atoms with Crippen LogP contribution in [-0.2, 0) is 0 Å². The molecule has 0 bridgehead atoms. The van der Waals surface area contributed by atoms with Gasteiger partial charge in [0.25, 0.3) is 5.69 Å². The smallest absolute Gasteiger partial charge is 0.342 e. The lowest BCUT2D eigenvalue weighted by Crippen LogP contribution is -2.24. The van der Waals surface area contributed by atoms with Crippen LogP contribution in [0.15, 0.2) is 37.4 Å². The van der Waals surface area contributed by atoms with Crippen molar-refractivity contribution in [3.8, 4) is 0 Å². The van der Waals surface area contributed by atoms with E-state index in [1.165, 1.54) is 17.1 Å². The fourth-order valence-corrected chi connectivity index (χ4v) is 1.70. The highest BCUT2D eigenvalue weighted by Gasteiger charge is 2.24. The number of carboxylic acid groups (broad SMARTS) is 1. The normalized spacial score (nSPS) is 9.85. The number of anilines is 1. The number of rotatable bonds is 7. The van der Waals surface area contributed by atoms with Gasteiger partial charge in [0.2, 0.25) is 0 Å². The molecule has 6 nitrogen and oxygen atoms in total. The predicted molar refractivity (Wildman–Crippen MR) is 72.6 cm³/mol. The van der Waals surface area contributed by atoms with Gasteiger partial charge in [-0.2, -0.15) is 0 Å². The number of aromatic carboxylic acids is 1. The van der Waals surface area contributed by atoms with Crippen molar-refractivity contribution in [2.45, 2.75) is 0 Å². The fraction of sp³-hybridized carbons (Fsp3) is 0.154. The molecule has 0 atom stereocenters. The summed E-state index contributed by atoms with van der Waals surface area (Å²) >= 11 is 0. The van der Waals surface area contributed by atoms with Gasteiger partial charge < -0.3 is 10.0 Å². The molecule has 0 amide bonds. The predicted octanol–water partition coefficient (Wildman–Crippen LogP) is 2.61. The zero-order chi connectivity index (χ0) is 15.3. The SMILES string of the molecule is C=CCN(CC=C)c1cc(C(=O)O)c([N+](=O)[O-])cc1F. The quantitative estimate of drug-likeness (QED) is 0.471. The number of nitro benzene ring substituents is 1. The summed E-state index contributed by atoms with van der Waals surface area (Å²) in [5, 5.41) is 19.7. The van der Waals surface area contributed by atoms with E-state index in [2.05, 4.69) is 13.2 Å². The zero-order valence-corrected chi connectivity index (χ0v) is 10.6. The van der Waals surface area contributed by atoms with Crippen molar-refractivity contribution in [3.05, 3.63) is 58.9 Å². The first kappa shape index (κ1) is 15.4. The Morgan fingerprint density at radius 3 is 2.35 bits per heavy atom. The van der Waals surface area contributed by atoms with Crippen LogP contribution in [0.25, 0.3) is 0 Å². The molecule has 1 aromatic carbocycles. The molecule has 1 rings (SSSR count). The van der Waals surface area contributed by atoms with E-state index in [4.69, 9.17) is 5.11 Å². The summed E-state index contributed by atoms with van der Waals surface area (Å²) in [6.07, 6.45) is 3.01. The summed E-state index contributed by atoms with van der Waals surface area (Å²) in [5.41, 5.74) is -1.40. The molecular formula is C13H13FN2O4. The third-order valence-corrected chi connectivity index (χ3v) is 2.53. The number of nitro groups is 1. The van der Waals surface area contributed by atoms with Crippen molar-refractivity contribution >= 4 is 17.3 Å². The first-order chi connectivity index (χ1) is 9.42. The van der Waals surface area contributed by atoms with Crippen molar-refractivity contribution in [2.75, 3.05) is 18.0 Å². The van der Waals surface area contributed by atoms with Gasteiger partial charge in [-0.3, -0.25) is 10.1 Å². The van der Waals surface area contributed by atoms with Gasteiger partial charge in [-0.05, 0) is 6.07 Å². The van der Waals surface area contributed by atoms with E-state index >= 15 is 0 Å². The van der Waals surface area contributed by atoms with Gasteiger partial charge in [-0.25, -0.2) is 9.18 Å². The Labute approximate surface area is 114 Å². The molecule has 0 fully saturated rings. The van der Waals surface area contributed by atoms with E-state index in [1.807, 2.05) is 0 Å². The minimum Gasteiger partial charge on any atom is -0.477 e. The lowest BCUT2D eigenvalue weighted by Gasteiger charge is -2.22. The molecule has 0 aromatic heterocycles. The molecule has 1 N–H and O–H groups in total. The molecule has 0 radical (unpaired) electrons. The van der Waals surface area contributed by atoms with Crippen molar-refractivity contribution < 1.29 is 19.2 Å². The number of halogens is 1. The highest BCUT2D eigenvalue weighted by atomic mass is 19.1. The second kappa shape index (κ2) is 6.46. The monoisotopic (exact) mass is 280 g/mol. The minimum absolute atomic E-state index is 0.0483. The topological polar surface area (TPSA) is 83.7 Å².